The van der Waals surface area contributed by atoms with Crippen molar-refractivity contribution in [1.29, 1.82) is 0 Å². The van der Waals surface area contributed by atoms with Crippen LogP contribution in [0.3, 0.4) is 0 Å². The second-order valence-corrected chi connectivity index (χ2v) is 4.49. The first-order valence-electron chi connectivity index (χ1n) is 6.04. The zero-order chi connectivity index (χ0) is 14.4. The van der Waals surface area contributed by atoms with Gasteiger partial charge in [0.25, 0.3) is 0 Å². The Bertz CT molecular complexity index is 637. The van der Waals surface area contributed by atoms with Crippen LogP contribution in [0.25, 0.3) is 0 Å². The minimum atomic E-state index is -0.363. The zero-order valence-electron chi connectivity index (χ0n) is 10.7. The fraction of sp³-hybridized carbons (Fsp3) is 0.125. The fourth-order valence-electron chi connectivity index (χ4n) is 1.73. The van der Waals surface area contributed by atoms with E-state index in [4.69, 9.17) is 22.8 Å². The van der Waals surface area contributed by atoms with E-state index in [0.717, 1.165) is 11.3 Å². The molecule has 0 atom stereocenters. The van der Waals surface area contributed by atoms with Crippen molar-refractivity contribution in [3.63, 3.8) is 0 Å². The molecule has 0 amide bonds. The number of terminal acetylenes is 1. The highest BCUT2D eigenvalue weighted by atomic mass is 35.5. The summed E-state index contributed by atoms with van der Waals surface area (Å²) in [6.07, 6.45) is 5.18. The van der Waals surface area contributed by atoms with Gasteiger partial charge in [-0.3, -0.25) is 0 Å². The van der Waals surface area contributed by atoms with Crippen LogP contribution in [0, 0.1) is 18.2 Å². The molecule has 0 fully saturated rings. The quantitative estimate of drug-likeness (QED) is 0.837. The summed E-state index contributed by atoms with van der Waals surface area (Å²) >= 11 is 5.96. The lowest BCUT2D eigenvalue weighted by molar-refractivity contribution is 0.366. The molecular formula is C16H13ClFNO. The molecule has 0 heterocycles. The van der Waals surface area contributed by atoms with E-state index in [1.807, 2.05) is 24.3 Å². The Labute approximate surface area is 122 Å². The zero-order valence-corrected chi connectivity index (χ0v) is 11.5. The molecule has 2 aromatic carbocycles. The standard InChI is InChI=1S/C16H13ClFNO/c1-2-9-20-16-6-4-3-5-12(16)11-19-15-8-7-13(18)10-14(15)17/h1,3-8,10,19H,9,11H2. The van der Waals surface area contributed by atoms with Gasteiger partial charge in [-0.2, -0.15) is 0 Å². The SMILES string of the molecule is C#CCOc1ccccc1CNc1ccc(F)cc1Cl. The molecule has 0 bridgehead atoms. The number of hydrogen-bond donors (Lipinski definition) is 1. The normalized spacial score (nSPS) is 9.85. The second kappa shape index (κ2) is 6.83. The van der Waals surface area contributed by atoms with Gasteiger partial charge in [0.2, 0.25) is 0 Å². The third-order valence-electron chi connectivity index (χ3n) is 2.68. The van der Waals surface area contributed by atoms with E-state index in [1.54, 1.807) is 6.07 Å². The Morgan fingerprint density at radius 2 is 2.05 bits per heavy atom. The van der Waals surface area contributed by atoms with Crippen molar-refractivity contribution in [3.05, 3.63) is 58.9 Å². The van der Waals surface area contributed by atoms with Gasteiger partial charge in [-0.15, -0.1) is 6.42 Å². The molecule has 0 saturated heterocycles. The lowest BCUT2D eigenvalue weighted by atomic mass is 10.2. The summed E-state index contributed by atoms with van der Waals surface area (Å²) in [7, 11) is 0. The predicted octanol–water partition coefficient (Wildman–Crippen LogP) is 4.10. The highest BCUT2D eigenvalue weighted by molar-refractivity contribution is 6.33. The van der Waals surface area contributed by atoms with Crippen LogP contribution in [0.5, 0.6) is 5.75 Å². The van der Waals surface area contributed by atoms with Crippen LogP contribution in [-0.2, 0) is 6.54 Å². The maximum atomic E-state index is 13.0. The molecule has 2 aromatic rings. The van der Waals surface area contributed by atoms with Crippen molar-refractivity contribution < 1.29 is 9.13 Å². The van der Waals surface area contributed by atoms with Gasteiger partial charge in [0.05, 0.1) is 10.7 Å². The number of anilines is 1. The average molecular weight is 290 g/mol. The average Bonchev–Trinajstić information content (AvgIpc) is 2.45. The number of para-hydroxylation sites is 1. The van der Waals surface area contributed by atoms with Crippen LogP contribution in [-0.4, -0.2) is 6.61 Å². The van der Waals surface area contributed by atoms with E-state index in [9.17, 15) is 4.39 Å². The molecule has 0 aliphatic heterocycles. The van der Waals surface area contributed by atoms with E-state index in [1.165, 1.54) is 12.1 Å². The lowest BCUT2D eigenvalue weighted by Crippen LogP contribution is -2.04. The summed E-state index contributed by atoms with van der Waals surface area (Å²) in [4.78, 5) is 0. The Hall–Kier alpha value is -2.18. The van der Waals surface area contributed by atoms with E-state index < -0.39 is 0 Å². The van der Waals surface area contributed by atoms with Crippen LogP contribution >= 0.6 is 11.6 Å². The van der Waals surface area contributed by atoms with Crippen LogP contribution in [0.1, 0.15) is 5.56 Å². The highest BCUT2D eigenvalue weighted by Crippen LogP contribution is 2.25. The third kappa shape index (κ3) is 3.66. The van der Waals surface area contributed by atoms with Gasteiger partial charge < -0.3 is 10.1 Å². The number of halogens is 2. The van der Waals surface area contributed by atoms with Crippen LogP contribution in [0.4, 0.5) is 10.1 Å². The largest absolute Gasteiger partial charge is 0.481 e. The number of ether oxygens (including phenoxy) is 1. The monoisotopic (exact) mass is 289 g/mol. The first-order valence-corrected chi connectivity index (χ1v) is 6.41. The summed E-state index contributed by atoms with van der Waals surface area (Å²) in [5, 5.41) is 3.48. The molecule has 2 nitrogen and oxygen atoms in total. The van der Waals surface area contributed by atoms with Crippen molar-refractivity contribution in [2.75, 3.05) is 11.9 Å². The van der Waals surface area contributed by atoms with E-state index in [2.05, 4.69) is 11.2 Å². The molecule has 102 valence electrons. The van der Waals surface area contributed by atoms with Crippen molar-refractivity contribution in [1.82, 2.24) is 0 Å². The van der Waals surface area contributed by atoms with Crippen molar-refractivity contribution in [3.8, 4) is 18.1 Å². The number of benzene rings is 2. The second-order valence-electron chi connectivity index (χ2n) is 4.08. The Kier molecular flexibility index (Phi) is 4.86. The first-order chi connectivity index (χ1) is 9.70. The van der Waals surface area contributed by atoms with Gasteiger partial charge in [0, 0.05) is 12.1 Å². The number of rotatable bonds is 5. The van der Waals surface area contributed by atoms with Crippen molar-refractivity contribution in [2.24, 2.45) is 0 Å². The molecule has 0 unspecified atom stereocenters. The molecule has 2 rings (SSSR count). The minimum absolute atomic E-state index is 0.217. The molecule has 0 aliphatic rings. The van der Waals surface area contributed by atoms with Gasteiger partial charge in [0.15, 0.2) is 0 Å². The summed E-state index contributed by atoms with van der Waals surface area (Å²) < 4.78 is 18.4. The Morgan fingerprint density at radius 1 is 1.25 bits per heavy atom. The predicted molar refractivity (Wildman–Crippen MR) is 79.5 cm³/mol. The maximum absolute atomic E-state index is 13.0. The van der Waals surface area contributed by atoms with Gasteiger partial charge in [-0.25, -0.2) is 4.39 Å². The summed E-state index contributed by atoms with van der Waals surface area (Å²) in [6, 6.07) is 11.8. The van der Waals surface area contributed by atoms with Gasteiger partial charge in [-0.1, -0.05) is 35.7 Å². The maximum Gasteiger partial charge on any atom is 0.148 e. The van der Waals surface area contributed by atoms with Crippen LogP contribution in [0.2, 0.25) is 5.02 Å². The molecule has 0 aromatic heterocycles. The smallest absolute Gasteiger partial charge is 0.148 e. The molecular weight excluding hydrogens is 277 g/mol. The topological polar surface area (TPSA) is 21.3 Å². The van der Waals surface area contributed by atoms with E-state index in [-0.39, 0.29) is 12.4 Å². The molecule has 0 spiro atoms. The molecule has 0 aliphatic carbocycles. The minimum Gasteiger partial charge on any atom is -0.481 e. The number of hydrogen-bond acceptors (Lipinski definition) is 2. The highest BCUT2D eigenvalue weighted by Gasteiger charge is 2.05. The van der Waals surface area contributed by atoms with Crippen molar-refractivity contribution >= 4 is 17.3 Å². The van der Waals surface area contributed by atoms with Gasteiger partial charge in [0.1, 0.15) is 18.2 Å². The molecule has 0 radical (unpaired) electrons. The van der Waals surface area contributed by atoms with Gasteiger partial charge in [-0.05, 0) is 24.3 Å². The van der Waals surface area contributed by atoms with Crippen molar-refractivity contribution in [2.45, 2.75) is 6.54 Å². The molecule has 1 N–H and O–H groups in total. The van der Waals surface area contributed by atoms with E-state index in [0.29, 0.717) is 17.3 Å². The summed E-state index contributed by atoms with van der Waals surface area (Å²) in [5.74, 6) is 2.78. The first kappa shape index (κ1) is 14.2. The van der Waals surface area contributed by atoms with Gasteiger partial charge >= 0.3 is 0 Å². The number of nitrogens with one attached hydrogen (secondary N) is 1. The molecule has 20 heavy (non-hydrogen) atoms. The summed E-state index contributed by atoms with van der Waals surface area (Å²) in [6.45, 7) is 0.723. The van der Waals surface area contributed by atoms with Crippen LogP contribution in [0.15, 0.2) is 42.5 Å². The molecule has 4 heteroatoms. The molecule has 0 saturated carbocycles. The Morgan fingerprint density at radius 3 is 2.80 bits per heavy atom. The summed E-state index contributed by atoms with van der Waals surface area (Å²) in [5.41, 5.74) is 1.61. The fourth-order valence-corrected chi connectivity index (χ4v) is 1.97. The third-order valence-corrected chi connectivity index (χ3v) is 3.00. The lowest BCUT2D eigenvalue weighted by Gasteiger charge is -2.12. The van der Waals surface area contributed by atoms with E-state index >= 15 is 0 Å². The Balaban J connectivity index is 2.09. The van der Waals surface area contributed by atoms with Crippen LogP contribution < -0.4 is 10.1 Å².